The van der Waals surface area contributed by atoms with Gasteiger partial charge in [-0.15, -0.1) is 0 Å². The lowest BCUT2D eigenvalue weighted by Crippen LogP contribution is -2.18. The topological polar surface area (TPSA) is 55.0 Å². The van der Waals surface area contributed by atoms with Gasteiger partial charge in [-0.05, 0) is 11.5 Å². The van der Waals surface area contributed by atoms with Crippen LogP contribution >= 0.6 is 0 Å². The third-order valence-corrected chi connectivity index (χ3v) is 3.16. The lowest BCUT2D eigenvalue weighted by Gasteiger charge is -2.24. The van der Waals surface area contributed by atoms with Crippen LogP contribution in [0.5, 0.6) is 0 Å². The number of hydrogen-bond acceptors (Lipinski definition) is 4. The number of fused-ring (bicyclic) bond motifs is 1. The van der Waals surface area contributed by atoms with Crippen LogP contribution in [0.25, 0.3) is 5.57 Å². The summed E-state index contributed by atoms with van der Waals surface area (Å²) in [5, 5.41) is 0. The van der Waals surface area contributed by atoms with E-state index in [0.29, 0.717) is 11.9 Å². The molecule has 1 aliphatic rings. The summed E-state index contributed by atoms with van der Waals surface area (Å²) in [6.07, 6.45) is 2.62. The predicted octanol–water partition coefficient (Wildman–Crippen LogP) is 2.10. The van der Waals surface area contributed by atoms with E-state index >= 15 is 0 Å². The Kier molecular flexibility index (Phi) is 3.11. The highest BCUT2D eigenvalue weighted by Gasteiger charge is 2.27. The maximum Gasteiger partial charge on any atom is 0.220 e. The molecule has 0 saturated heterocycles. The van der Waals surface area contributed by atoms with E-state index in [0.717, 1.165) is 28.8 Å². The second-order valence-electron chi connectivity index (χ2n) is 5.19. The second kappa shape index (κ2) is 4.44. The number of nitrogen functional groups attached to an aromatic ring is 1. The summed E-state index contributed by atoms with van der Waals surface area (Å²) in [6.45, 7) is 8.53. The second-order valence-corrected chi connectivity index (χ2v) is 5.19. The van der Waals surface area contributed by atoms with Crippen molar-refractivity contribution in [2.45, 2.75) is 20.3 Å². The summed E-state index contributed by atoms with van der Waals surface area (Å²) in [6, 6.07) is 0. The molecule has 0 unspecified atom stereocenters. The van der Waals surface area contributed by atoms with Crippen LogP contribution in [0.2, 0.25) is 0 Å². The maximum absolute atomic E-state index is 5.70. The summed E-state index contributed by atoms with van der Waals surface area (Å²) >= 11 is 0. The standard InChI is InChI=1S/C14H20N4/c1-8(2)13(18(4)5)11-9(3)6-10-7-16-14(15)17-12(10)11/h7-8H,3,6H2,1-2,4-5H3,(H2,15,16,17)/b13-11+. The number of anilines is 1. The molecule has 0 amide bonds. The van der Waals surface area contributed by atoms with Gasteiger partial charge in [0.2, 0.25) is 5.95 Å². The molecular formula is C14H20N4. The molecule has 0 atom stereocenters. The van der Waals surface area contributed by atoms with E-state index in [9.17, 15) is 0 Å². The van der Waals surface area contributed by atoms with E-state index in [-0.39, 0.29) is 0 Å². The molecule has 18 heavy (non-hydrogen) atoms. The molecule has 4 heteroatoms. The predicted molar refractivity (Wildman–Crippen MR) is 74.7 cm³/mol. The number of nitrogens with two attached hydrogens (primary N) is 1. The Morgan fingerprint density at radius 2 is 2.11 bits per heavy atom. The smallest absolute Gasteiger partial charge is 0.220 e. The fraction of sp³-hybridized carbons (Fsp3) is 0.429. The van der Waals surface area contributed by atoms with Crippen LogP contribution in [-0.2, 0) is 6.42 Å². The SMILES string of the molecule is C=C1Cc2cnc(N)nc2/C1=C(\C(C)C)N(C)C. The van der Waals surface area contributed by atoms with Crippen LogP contribution in [-0.4, -0.2) is 29.0 Å². The molecule has 0 radical (unpaired) electrons. The first-order valence-corrected chi connectivity index (χ1v) is 6.13. The van der Waals surface area contributed by atoms with E-state index in [1.807, 2.05) is 6.20 Å². The van der Waals surface area contributed by atoms with E-state index in [4.69, 9.17) is 5.73 Å². The molecule has 1 aromatic rings. The summed E-state index contributed by atoms with van der Waals surface area (Å²) in [4.78, 5) is 10.6. The average Bonchev–Trinajstić information content (AvgIpc) is 2.55. The Labute approximate surface area is 108 Å². The quantitative estimate of drug-likeness (QED) is 0.865. The lowest BCUT2D eigenvalue weighted by atomic mass is 9.99. The van der Waals surface area contributed by atoms with Crippen molar-refractivity contribution in [2.75, 3.05) is 19.8 Å². The van der Waals surface area contributed by atoms with Gasteiger partial charge in [-0.25, -0.2) is 9.97 Å². The van der Waals surface area contributed by atoms with Gasteiger partial charge < -0.3 is 10.6 Å². The van der Waals surface area contributed by atoms with E-state index in [2.05, 4.69) is 49.4 Å². The molecule has 0 saturated carbocycles. The Balaban J connectivity index is 2.68. The molecule has 1 heterocycles. The highest BCUT2D eigenvalue weighted by molar-refractivity contribution is 5.85. The van der Waals surface area contributed by atoms with Crippen LogP contribution < -0.4 is 5.73 Å². The number of nitrogens with zero attached hydrogens (tertiary/aromatic N) is 3. The highest BCUT2D eigenvalue weighted by Crippen LogP contribution is 2.39. The molecule has 1 aliphatic carbocycles. The van der Waals surface area contributed by atoms with E-state index in [1.54, 1.807) is 0 Å². The van der Waals surface area contributed by atoms with Gasteiger partial charge in [0.15, 0.2) is 0 Å². The van der Waals surface area contributed by atoms with Gasteiger partial charge in [0.1, 0.15) is 0 Å². The zero-order valence-corrected chi connectivity index (χ0v) is 11.5. The molecule has 0 spiro atoms. The molecule has 0 aliphatic heterocycles. The van der Waals surface area contributed by atoms with Crippen molar-refractivity contribution in [1.82, 2.24) is 14.9 Å². The van der Waals surface area contributed by atoms with Crippen molar-refractivity contribution in [2.24, 2.45) is 5.92 Å². The normalized spacial score (nSPS) is 17.1. The molecular weight excluding hydrogens is 224 g/mol. The van der Waals surface area contributed by atoms with E-state index in [1.165, 1.54) is 5.70 Å². The largest absolute Gasteiger partial charge is 0.380 e. The van der Waals surface area contributed by atoms with Crippen molar-refractivity contribution in [3.63, 3.8) is 0 Å². The molecule has 2 rings (SSSR count). The lowest BCUT2D eigenvalue weighted by molar-refractivity contribution is 0.449. The first-order valence-electron chi connectivity index (χ1n) is 6.13. The van der Waals surface area contributed by atoms with Gasteiger partial charge in [-0.1, -0.05) is 20.4 Å². The molecule has 1 aromatic heterocycles. The van der Waals surface area contributed by atoms with Crippen molar-refractivity contribution < 1.29 is 0 Å². The van der Waals surface area contributed by atoms with Gasteiger partial charge in [-0.3, -0.25) is 0 Å². The van der Waals surface area contributed by atoms with Gasteiger partial charge in [-0.2, -0.15) is 0 Å². The van der Waals surface area contributed by atoms with E-state index < -0.39 is 0 Å². The zero-order valence-electron chi connectivity index (χ0n) is 11.5. The molecule has 0 aromatic carbocycles. The third kappa shape index (κ3) is 1.98. The minimum absolute atomic E-state index is 0.322. The summed E-state index contributed by atoms with van der Waals surface area (Å²) in [5.41, 5.74) is 11.3. The average molecular weight is 244 g/mol. The summed E-state index contributed by atoms with van der Waals surface area (Å²) < 4.78 is 0. The highest BCUT2D eigenvalue weighted by atomic mass is 15.1. The van der Waals surface area contributed by atoms with Gasteiger partial charge in [0.25, 0.3) is 0 Å². The Hall–Kier alpha value is -1.84. The number of allylic oxidation sites excluding steroid dienone is 3. The minimum atomic E-state index is 0.322. The number of rotatable bonds is 2. The molecule has 96 valence electrons. The van der Waals surface area contributed by atoms with Crippen LogP contribution in [0.15, 0.2) is 24.0 Å². The Bertz CT molecular complexity index is 517. The van der Waals surface area contributed by atoms with Crippen LogP contribution in [0.3, 0.4) is 0 Å². The monoisotopic (exact) mass is 244 g/mol. The first-order chi connectivity index (χ1) is 8.41. The third-order valence-electron chi connectivity index (χ3n) is 3.16. The maximum atomic E-state index is 5.70. The van der Waals surface area contributed by atoms with Gasteiger partial charge in [0.05, 0.1) is 5.69 Å². The summed E-state index contributed by atoms with van der Waals surface area (Å²) in [7, 11) is 4.11. The van der Waals surface area contributed by atoms with Crippen LogP contribution in [0, 0.1) is 5.92 Å². The van der Waals surface area contributed by atoms with Crippen molar-refractivity contribution >= 4 is 11.5 Å². The van der Waals surface area contributed by atoms with Crippen LogP contribution in [0.1, 0.15) is 25.1 Å². The molecule has 2 N–H and O–H groups in total. The van der Waals surface area contributed by atoms with Gasteiger partial charge in [0, 0.05) is 43.5 Å². The van der Waals surface area contributed by atoms with Gasteiger partial charge >= 0.3 is 0 Å². The van der Waals surface area contributed by atoms with Crippen molar-refractivity contribution in [3.8, 4) is 0 Å². The Morgan fingerprint density at radius 3 is 2.67 bits per heavy atom. The minimum Gasteiger partial charge on any atom is -0.380 e. The number of hydrogen-bond donors (Lipinski definition) is 1. The summed E-state index contributed by atoms with van der Waals surface area (Å²) in [5.74, 6) is 0.733. The number of aromatic nitrogens is 2. The molecule has 4 nitrogen and oxygen atoms in total. The fourth-order valence-corrected chi connectivity index (χ4v) is 2.58. The molecule has 0 bridgehead atoms. The first kappa shape index (κ1) is 12.6. The fourth-order valence-electron chi connectivity index (χ4n) is 2.58. The zero-order chi connectivity index (χ0) is 13.4. The Morgan fingerprint density at radius 1 is 1.44 bits per heavy atom. The molecule has 0 fully saturated rings. The van der Waals surface area contributed by atoms with Crippen LogP contribution in [0.4, 0.5) is 5.95 Å². The van der Waals surface area contributed by atoms with Crippen molar-refractivity contribution in [3.05, 3.63) is 35.3 Å². The van der Waals surface area contributed by atoms with Crippen molar-refractivity contribution in [1.29, 1.82) is 0 Å².